The zero-order chi connectivity index (χ0) is 19.8. The maximum absolute atomic E-state index is 11.3. The van der Waals surface area contributed by atoms with Crippen molar-refractivity contribution in [1.82, 2.24) is 9.80 Å². The van der Waals surface area contributed by atoms with E-state index in [1.165, 1.54) is 11.8 Å². The van der Waals surface area contributed by atoms with E-state index in [2.05, 4.69) is 32.6 Å². The van der Waals surface area contributed by atoms with Crippen molar-refractivity contribution >= 4 is 22.9 Å². The van der Waals surface area contributed by atoms with E-state index in [4.69, 9.17) is 4.74 Å². The van der Waals surface area contributed by atoms with Gasteiger partial charge in [0.15, 0.2) is 0 Å². The summed E-state index contributed by atoms with van der Waals surface area (Å²) in [5.41, 5.74) is 0.626. The predicted octanol–water partition coefficient (Wildman–Crippen LogP) is 2.31. The number of nitrogens with zero attached hydrogens (tertiary/aromatic N) is 2. The second kappa shape index (κ2) is 10.6. The minimum absolute atomic E-state index is 0.145. The standard InChI is InChI=1S/C21H29N3O3S/c1-17(25)22-20-6-2-3-7-21(20)27-16-18(26)15-24-12-10-23(11-13-24)9-8-19-5-4-14-28-19/h2-7,14,18,26H,8-13,15-16H2,1H3,(H,22,25). The molecule has 1 aromatic heterocycles. The number of hydrogen-bond acceptors (Lipinski definition) is 6. The fourth-order valence-electron chi connectivity index (χ4n) is 3.34. The second-order valence-corrected chi connectivity index (χ2v) is 8.15. The summed E-state index contributed by atoms with van der Waals surface area (Å²) >= 11 is 1.82. The van der Waals surface area contributed by atoms with Crippen LogP contribution >= 0.6 is 11.3 Å². The molecule has 1 aliphatic heterocycles. The highest BCUT2D eigenvalue weighted by Crippen LogP contribution is 2.23. The number of para-hydroxylation sites is 2. The number of aliphatic hydroxyl groups is 1. The number of aliphatic hydroxyl groups excluding tert-OH is 1. The number of piperazine rings is 1. The Morgan fingerprint density at radius 1 is 1.18 bits per heavy atom. The zero-order valence-corrected chi connectivity index (χ0v) is 17.2. The van der Waals surface area contributed by atoms with E-state index in [0.29, 0.717) is 18.0 Å². The van der Waals surface area contributed by atoms with Gasteiger partial charge in [-0.3, -0.25) is 9.69 Å². The summed E-state index contributed by atoms with van der Waals surface area (Å²) in [5.74, 6) is 0.434. The molecule has 7 heteroatoms. The maximum atomic E-state index is 11.3. The Bertz CT molecular complexity index is 730. The van der Waals surface area contributed by atoms with Gasteiger partial charge in [0.2, 0.25) is 5.91 Å². The third-order valence-corrected chi connectivity index (χ3v) is 5.75. The third kappa shape index (κ3) is 6.60. The molecule has 1 unspecified atom stereocenters. The molecule has 3 rings (SSSR count). The molecule has 0 aliphatic carbocycles. The molecule has 1 amide bonds. The highest BCUT2D eigenvalue weighted by atomic mass is 32.1. The van der Waals surface area contributed by atoms with E-state index < -0.39 is 6.10 Å². The van der Waals surface area contributed by atoms with E-state index in [9.17, 15) is 9.90 Å². The van der Waals surface area contributed by atoms with Gasteiger partial charge in [0.05, 0.1) is 5.69 Å². The number of thiophene rings is 1. The maximum Gasteiger partial charge on any atom is 0.221 e. The number of carbonyl (C=O) groups is 1. The molecule has 6 nitrogen and oxygen atoms in total. The molecule has 0 saturated carbocycles. The van der Waals surface area contributed by atoms with Crippen LogP contribution in [0.4, 0.5) is 5.69 Å². The van der Waals surface area contributed by atoms with Crippen LogP contribution in [-0.2, 0) is 11.2 Å². The molecule has 1 aromatic carbocycles. The number of hydrogen-bond donors (Lipinski definition) is 2. The molecule has 0 bridgehead atoms. The topological polar surface area (TPSA) is 65.0 Å². The summed E-state index contributed by atoms with van der Waals surface area (Å²) in [7, 11) is 0. The van der Waals surface area contributed by atoms with Gasteiger partial charge in [0.25, 0.3) is 0 Å². The SMILES string of the molecule is CC(=O)Nc1ccccc1OCC(O)CN1CCN(CCc2cccs2)CC1. The summed E-state index contributed by atoms with van der Waals surface area (Å²) in [4.78, 5) is 17.5. The monoisotopic (exact) mass is 403 g/mol. The van der Waals surface area contributed by atoms with Gasteiger partial charge in [-0.15, -0.1) is 11.3 Å². The molecule has 2 aromatic rings. The Hall–Kier alpha value is -1.93. The van der Waals surface area contributed by atoms with E-state index in [1.54, 1.807) is 12.1 Å². The number of ether oxygens (including phenoxy) is 1. The average Bonchev–Trinajstić information content (AvgIpc) is 3.20. The molecule has 1 aliphatic rings. The zero-order valence-electron chi connectivity index (χ0n) is 16.3. The van der Waals surface area contributed by atoms with Gasteiger partial charge < -0.3 is 20.1 Å². The van der Waals surface area contributed by atoms with E-state index in [-0.39, 0.29) is 12.5 Å². The third-order valence-electron chi connectivity index (χ3n) is 4.82. The van der Waals surface area contributed by atoms with Gasteiger partial charge in [-0.1, -0.05) is 18.2 Å². The van der Waals surface area contributed by atoms with Gasteiger partial charge in [-0.25, -0.2) is 0 Å². The fraction of sp³-hybridized carbons (Fsp3) is 0.476. The second-order valence-electron chi connectivity index (χ2n) is 7.11. The van der Waals surface area contributed by atoms with Crippen molar-refractivity contribution in [1.29, 1.82) is 0 Å². The summed E-state index contributed by atoms with van der Waals surface area (Å²) in [6.07, 6.45) is 0.546. The van der Waals surface area contributed by atoms with Crippen molar-refractivity contribution in [3.8, 4) is 5.75 Å². The van der Waals surface area contributed by atoms with Crippen LogP contribution < -0.4 is 10.1 Å². The molecule has 0 spiro atoms. The molecule has 1 atom stereocenters. The minimum Gasteiger partial charge on any atom is -0.489 e. The van der Waals surface area contributed by atoms with Crippen molar-refractivity contribution in [2.75, 3.05) is 51.2 Å². The molecular formula is C21H29N3O3S. The molecule has 0 radical (unpaired) electrons. The van der Waals surface area contributed by atoms with Crippen LogP contribution in [0.5, 0.6) is 5.75 Å². The van der Waals surface area contributed by atoms with Gasteiger partial charge in [-0.05, 0) is 30.0 Å². The van der Waals surface area contributed by atoms with Crippen LogP contribution in [0.1, 0.15) is 11.8 Å². The number of anilines is 1. The van der Waals surface area contributed by atoms with Gasteiger partial charge >= 0.3 is 0 Å². The molecule has 1 saturated heterocycles. The lowest BCUT2D eigenvalue weighted by molar-refractivity contribution is -0.114. The Morgan fingerprint density at radius 2 is 1.93 bits per heavy atom. The summed E-state index contributed by atoms with van der Waals surface area (Å²) < 4.78 is 5.74. The number of nitrogens with one attached hydrogen (secondary N) is 1. The molecular weight excluding hydrogens is 374 g/mol. The van der Waals surface area contributed by atoms with Crippen LogP contribution in [0.15, 0.2) is 41.8 Å². The Labute approximate surface area is 170 Å². The summed E-state index contributed by atoms with van der Waals surface area (Å²) in [6, 6.07) is 11.6. The van der Waals surface area contributed by atoms with Crippen molar-refractivity contribution in [3.63, 3.8) is 0 Å². The van der Waals surface area contributed by atoms with E-state index >= 15 is 0 Å². The van der Waals surface area contributed by atoms with Crippen molar-refractivity contribution in [2.45, 2.75) is 19.4 Å². The van der Waals surface area contributed by atoms with Crippen molar-refractivity contribution in [2.24, 2.45) is 0 Å². The number of amides is 1. The van der Waals surface area contributed by atoms with Crippen molar-refractivity contribution < 1.29 is 14.6 Å². The minimum atomic E-state index is -0.567. The highest BCUT2D eigenvalue weighted by molar-refractivity contribution is 7.09. The van der Waals surface area contributed by atoms with Crippen LogP contribution in [0, 0.1) is 0 Å². The smallest absolute Gasteiger partial charge is 0.221 e. The lowest BCUT2D eigenvalue weighted by Crippen LogP contribution is -2.49. The van der Waals surface area contributed by atoms with Gasteiger partial charge in [-0.2, -0.15) is 0 Å². The molecule has 1 fully saturated rings. The van der Waals surface area contributed by atoms with Gasteiger partial charge in [0, 0.05) is 51.1 Å². The Morgan fingerprint density at radius 3 is 2.64 bits per heavy atom. The fourth-order valence-corrected chi connectivity index (χ4v) is 4.04. The first-order valence-corrected chi connectivity index (χ1v) is 10.6. The van der Waals surface area contributed by atoms with Gasteiger partial charge in [0.1, 0.15) is 18.5 Å². The average molecular weight is 404 g/mol. The molecule has 28 heavy (non-hydrogen) atoms. The first-order chi connectivity index (χ1) is 13.6. The normalized spacial score (nSPS) is 16.6. The first-order valence-electron chi connectivity index (χ1n) is 9.75. The predicted molar refractivity (Wildman–Crippen MR) is 113 cm³/mol. The lowest BCUT2D eigenvalue weighted by atomic mass is 10.2. The number of β-amino-alcohol motifs (C(OH)–C–C–N with tert-alkyl or cyclic N) is 1. The van der Waals surface area contributed by atoms with Crippen molar-refractivity contribution in [3.05, 3.63) is 46.7 Å². The summed E-state index contributed by atoms with van der Waals surface area (Å²) in [5, 5.41) is 15.2. The number of carbonyl (C=O) groups excluding carboxylic acids is 1. The number of benzene rings is 1. The van der Waals surface area contributed by atoms with E-state index in [1.807, 2.05) is 23.5 Å². The molecule has 152 valence electrons. The quantitative estimate of drug-likeness (QED) is 0.673. The van der Waals surface area contributed by atoms with Crippen LogP contribution in [0.25, 0.3) is 0 Å². The number of rotatable bonds is 9. The lowest BCUT2D eigenvalue weighted by Gasteiger charge is -2.35. The Kier molecular flexibility index (Phi) is 7.85. The largest absolute Gasteiger partial charge is 0.489 e. The first kappa shape index (κ1) is 20.8. The highest BCUT2D eigenvalue weighted by Gasteiger charge is 2.19. The van der Waals surface area contributed by atoms with Crippen LogP contribution in [0.2, 0.25) is 0 Å². The Balaban J connectivity index is 1.37. The van der Waals surface area contributed by atoms with Crippen LogP contribution in [-0.4, -0.2) is 72.8 Å². The summed E-state index contributed by atoms with van der Waals surface area (Å²) in [6.45, 7) is 7.35. The molecule has 2 N–H and O–H groups in total. The van der Waals surface area contributed by atoms with Crippen LogP contribution in [0.3, 0.4) is 0 Å². The van der Waals surface area contributed by atoms with E-state index in [0.717, 1.165) is 39.1 Å². The molecule has 2 heterocycles.